The molecule has 1 amide bonds. The molecule has 0 aliphatic heterocycles. The van der Waals surface area contributed by atoms with Crippen molar-refractivity contribution in [1.82, 2.24) is 25.1 Å². The highest BCUT2D eigenvalue weighted by atomic mass is 32.2. The van der Waals surface area contributed by atoms with Crippen LogP contribution in [0.2, 0.25) is 0 Å². The largest absolute Gasteiger partial charge is 0.346 e. The molecule has 0 aliphatic rings. The molecule has 0 atom stereocenters. The number of aromatic nitrogens is 4. The minimum absolute atomic E-state index is 0.203. The number of hydrogen-bond donors (Lipinski definition) is 1. The molecule has 0 fully saturated rings. The predicted molar refractivity (Wildman–Crippen MR) is 120 cm³/mol. The molecule has 0 saturated heterocycles. The van der Waals surface area contributed by atoms with Gasteiger partial charge in [-0.3, -0.25) is 9.36 Å². The van der Waals surface area contributed by atoms with Crippen molar-refractivity contribution in [2.24, 2.45) is 0 Å². The van der Waals surface area contributed by atoms with Crippen molar-refractivity contribution in [3.05, 3.63) is 87.6 Å². The lowest BCUT2D eigenvalue weighted by Gasteiger charge is -2.07. The van der Waals surface area contributed by atoms with E-state index < -0.39 is 0 Å². The number of thioether (sulfide) groups is 1. The molecule has 0 spiro atoms. The van der Waals surface area contributed by atoms with E-state index in [-0.39, 0.29) is 5.91 Å². The summed E-state index contributed by atoms with van der Waals surface area (Å²) in [5.41, 5.74) is 4.52. The van der Waals surface area contributed by atoms with Gasteiger partial charge in [-0.1, -0.05) is 65.1 Å². The van der Waals surface area contributed by atoms with Crippen LogP contribution in [0.1, 0.15) is 31.5 Å². The molecule has 6 nitrogen and oxygen atoms in total. The lowest BCUT2D eigenvalue weighted by molar-refractivity contribution is 0.0950. The van der Waals surface area contributed by atoms with Crippen LogP contribution in [0.4, 0.5) is 0 Å². The minimum atomic E-state index is -0.203. The molecular weight excluding hydrogens is 414 g/mol. The summed E-state index contributed by atoms with van der Waals surface area (Å²) in [7, 11) is 0. The van der Waals surface area contributed by atoms with E-state index in [0.29, 0.717) is 17.3 Å². The molecule has 0 bridgehead atoms. The lowest BCUT2D eigenvalue weighted by Crippen LogP contribution is -2.22. The molecule has 30 heavy (non-hydrogen) atoms. The summed E-state index contributed by atoms with van der Waals surface area (Å²) in [5, 5.41) is 13.2. The van der Waals surface area contributed by atoms with Crippen LogP contribution in [0, 0.1) is 13.8 Å². The summed E-state index contributed by atoms with van der Waals surface area (Å²) in [6.07, 6.45) is 3.73. The molecule has 152 valence electrons. The molecule has 0 unspecified atom stereocenters. The van der Waals surface area contributed by atoms with Crippen molar-refractivity contribution in [3.63, 3.8) is 0 Å². The summed E-state index contributed by atoms with van der Waals surface area (Å²) < 4.78 is 2.05. The van der Waals surface area contributed by atoms with Crippen LogP contribution in [-0.4, -0.2) is 25.7 Å². The van der Waals surface area contributed by atoms with E-state index in [1.807, 2.05) is 48.0 Å². The number of benzene rings is 2. The van der Waals surface area contributed by atoms with Crippen molar-refractivity contribution in [1.29, 1.82) is 0 Å². The monoisotopic (exact) mass is 435 g/mol. The smallest absolute Gasteiger partial charge is 0.282 e. The standard InChI is InChI=1S/C22H21N5OS2/c1-15-6-8-17(9-7-15)13-24-20(28)21-26-25-19(30-21)14-29-22-23-10-11-27(22)18-5-3-4-16(2)12-18/h3-12H,13-14H2,1-2H3,(H,24,28). The number of nitrogens with one attached hydrogen (secondary N) is 1. The van der Waals surface area contributed by atoms with Gasteiger partial charge in [0, 0.05) is 24.6 Å². The maximum atomic E-state index is 12.4. The summed E-state index contributed by atoms with van der Waals surface area (Å²) >= 11 is 2.88. The first-order valence-electron chi connectivity index (χ1n) is 9.48. The fraction of sp³-hybridized carbons (Fsp3) is 0.182. The number of amides is 1. The molecule has 0 saturated carbocycles. The fourth-order valence-corrected chi connectivity index (χ4v) is 4.58. The van der Waals surface area contributed by atoms with Gasteiger partial charge in [-0.2, -0.15) is 0 Å². The zero-order chi connectivity index (χ0) is 20.9. The van der Waals surface area contributed by atoms with Crippen LogP contribution in [0.15, 0.2) is 66.1 Å². The van der Waals surface area contributed by atoms with E-state index in [4.69, 9.17) is 0 Å². The molecule has 2 heterocycles. The summed E-state index contributed by atoms with van der Waals surface area (Å²) in [5.74, 6) is 0.400. The van der Waals surface area contributed by atoms with E-state index in [0.717, 1.165) is 21.4 Å². The van der Waals surface area contributed by atoms with Crippen LogP contribution in [0.3, 0.4) is 0 Å². The number of carbonyl (C=O) groups is 1. The Balaban J connectivity index is 1.36. The third-order valence-corrected chi connectivity index (χ3v) is 6.53. The summed E-state index contributed by atoms with van der Waals surface area (Å²) in [6, 6.07) is 16.4. The highest BCUT2D eigenvalue weighted by Crippen LogP contribution is 2.25. The first-order valence-corrected chi connectivity index (χ1v) is 11.3. The number of hydrogen-bond acceptors (Lipinski definition) is 6. The molecule has 0 radical (unpaired) electrons. The number of carbonyl (C=O) groups excluding carboxylic acids is 1. The van der Waals surface area contributed by atoms with Crippen LogP contribution in [0.5, 0.6) is 0 Å². The van der Waals surface area contributed by atoms with Crippen molar-refractivity contribution in [2.75, 3.05) is 0 Å². The Bertz CT molecular complexity index is 1150. The molecule has 0 aliphatic carbocycles. The van der Waals surface area contributed by atoms with E-state index in [1.165, 1.54) is 22.5 Å². The molecule has 4 rings (SSSR count). The lowest BCUT2D eigenvalue weighted by atomic mass is 10.1. The maximum Gasteiger partial charge on any atom is 0.282 e. The van der Waals surface area contributed by atoms with Crippen LogP contribution < -0.4 is 5.32 Å². The zero-order valence-electron chi connectivity index (χ0n) is 16.7. The maximum absolute atomic E-state index is 12.4. The van der Waals surface area contributed by atoms with Gasteiger partial charge in [0.25, 0.3) is 5.91 Å². The Morgan fingerprint density at radius 3 is 2.73 bits per heavy atom. The van der Waals surface area contributed by atoms with E-state index in [2.05, 4.69) is 45.6 Å². The number of rotatable bonds is 7. The van der Waals surface area contributed by atoms with Gasteiger partial charge in [0.1, 0.15) is 5.01 Å². The first kappa shape index (κ1) is 20.3. The second kappa shape index (κ2) is 9.23. The second-order valence-electron chi connectivity index (χ2n) is 6.88. The fourth-order valence-electron chi connectivity index (χ4n) is 2.86. The first-order chi connectivity index (χ1) is 14.6. The van der Waals surface area contributed by atoms with Crippen LogP contribution >= 0.6 is 23.1 Å². The van der Waals surface area contributed by atoms with E-state index in [1.54, 1.807) is 18.0 Å². The van der Waals surface area contributed by atoms with Crippen LogP contribution in [0.25, 0.3) is 5.69 Å². The SMILES string of the molecule is Cc1ccc(CNC(=O)c2nnc(CSc3nccn3-c3cccc(C)c3)s2)cc1. The number of imidazole rings is 1. The molecule has 8 heteroatoms. The zero-order valence-corrected chi connectivity index (χ0v) is 18.3. The Kier molecular flexibility index (Phi) is 6.25. The van der Waals surface area contributed by atoms with Gasteiger partial charge in [0.15, 0.2) is 5.16 Å². The van der Waals surface area contributed by atoms with E-state index in [9.17, 15) is 4.79 Å². The highest BCUT2D eigenvalue weighted by molar-refractivity contribution is 7.98. The van der Waals surface area contributed by atoms with Gasteiger partial charge in [0.2, 0.25) is 5.01 Å². The third kappa shape index (κ3) is 4.95. The second-order valence-corrected chi connectivity index (χ2v) is 8.88. The predicted octanol–water partition coefficient (Wildman–Crippen LogP) is 4.56. The summed E-state index contributed by atoms with van der Waals surface area (Å²) in [6.45, 7) is 4.58. The number of nitrogens with zero attached hydrogens (tertiary/aromatic N) is 4. The Morgan fingerprint density at radius 1 is 1.10 bits per heavy atom. The van der Waals surface area contributed by atoms with Gasteiger partial charge in [0.05, 0.1) is 5.75 Å². The summed E-state index contributed by atoms with van der Waals surface area (Å²) in [4.78, 5) is 16.8. The molecule has 2 aromatic heterocycles. The van der Waals surface area contributed by atoms with Gasteiger partial charge in [-0.15, -0.1) is 10.2 Å². The highest BCUT2D eigenvalue weighted by Gasteiger charge is 2.14. The molecule has 2 aromatic carbocycles. The van der Waals surface area contributed by atoms with Crippen molar-refractivity contribution >= 4 is 29.0 Å². The Morgan fingerprint density at radius 2 is 1.93 bits per heavy atom. The normalized spacial score (nSPS) is 10.9. The van der Waals surface area contributed by atoms with Crippen molar-refractivity contribution < 1.29 is 4.79 Å². The van der Waals surface area contributed by atoms with Crippen molar-refractivity contribution in [2.45, 2.75) is 31.3 Å². The number of aryl methyl sites for hydroxylation is 2. The molecule has 4 aromatic rings. The van der Waals surface area contributed by atoms with E-state index >= 15 is 0 Å². The van der Waals surface area contributed by atoms with Gasteiger partial charge >= 0.3 is 0 Å². The average molecular weight is 436 g/mol. The third-order valence-electron chi connectivity index (χ3n) is 4.45. The molecular formula is C22H21N5OS2. The minimum Gasteiger partial charge on any atom is -0.346 e. The van der Waals surface area contributed by atoms with Gasteiger partial charge in [-0.05, 0) is 37.1 Å². The quantitative estimate of drug-likeness (QED) is 0.431. The molecule has 1 N–H and O–H groups in total. The van der Waals surface area contributed by atoms with Crippen molar-refractivity contribution in [3.8, 4) is 5.69 Å². The Labute approximate surface area is 183 Å². The Hall–Kier alpha value is -2.97. The van der Waals surface area contributed by atoms with Gasteiger partial charge < -0.3 is 5.32 Å². The topological polar surface area (TPSA) is 72.7 Å². The average Bonchev–Trinajstić information content (AvgIpc) is 3.41. The van der Waals surface area contributed by atoms with Gasteiger partial charge in [-0.25, -0.2) is 4.98 Å². The van der Waals surface area contributed by atoms with Crippen LogP contribution in [-0.2, 0) is 12.3 Å².